The second kappa shape index (κ2) is 5.43. The number of hydrogen-bond acceptors (Lipinski definition) is 2. The van der Waals surface area contributed by atoms with Crippen molar-refractivity contribution in [3.8, 4) is 0 Å². The van der Waals surface area contributed by atoms with Gasteiger partial charge in [0.2, 0.25) is 0 Å². The molecule has 1 aliphatic rings. The average Bonchev–Trinajstić information content (AvgIpc) is 2.46. The average molecular weight is 242 g/mol. The largest absolute Gasteiger partial charge is 0.377 e. The van der Waals surface area contributed by atoms with Crippen LogP contribution >= 0.6 is 0 Å². The van der Waals surface area contributed by atoms with Crippen molar-refractivity contribution < 1.29 is 8.78 Å². The Bertz CT molecular complexity index is 389. The van der Waals surface area contributed by atoms with E-state index in [4.69, 9.17) is 0 Å². The van der Waals surface area contributed by atoms with Gasteiger partial charge in [0, 0.05) is 12.6 Å². The lowest BCUT2D eigenvalue weighted by molar-refractivity contribution is 0.00826. The quantitative estimate of drug-likeness (QED) is 0.750. The highest BCUT2D eigenvalue weighted by atomic mass is 19.3. The maximum atomic E-state index is 13.2. The van der Waals surface area contributed by atoms with E-state index >= 15 is 0 Å². The van der Waals surface area contributed by atoms with Crippen LogP contribution in [0.15, 0.2) is 6.20 Å². The van der Waals surface area contributed by atoms with Crippen LogP contribution in [0.5, 0.6) is 0 Å². The minimum absolute atomic E-state index is 0.123. The summed E-state index contributed by atoms with van der Waals surface area (Å²) >= 11 is 0. The SMILES string of the molecule is CC.Cc1cnc2c(c1C)NCC(F)(F)CC2. The summed E-state index contributed by atoms with van der Waals surface area (Å²) in [5, 5.41) is 2.81. The molecule has 17 heavy (non-hydrogen) atoms. The van der Waals surface area contributed by atoms with Gasteiger partial charge in [0.15, 0.2) is 0 Å². The van der Waals surface area contributed by atoms with Crippen molar-refractivity contribution in [3.63, 3.8) is 0 Å². The van der Waals surface area contributed by atoms with E-state index in [1.54, 1.807) is 6.20 Å². The molecule has 2 heterocycles. The maximum absolute atomic E-state index is 13.2. The third kappa shape index (κ3) is 3.14. The molecule has 0 spiro atoms. The molecule has 1 N–H and O–H groups in total. The Morgan fingerprint density at radius 3 is 2.59 bits per heavy atom. The first-order chi connectivity index (χ1) is 7.99. The third-order valence-corrected chi connectivity index (χ3v) is 2.92. The van der Waals surface area contributed by atoms with Crippen LogP contribution in [0.25, 0.3) is 0 Å². The number of fused-ring (bicyclic) bond motifs is 1. The van der Waals surface area contributed by atoms with Gasteiger partial charge in [0.1, 0.15) is 0 Å². The van der Waals surface area contributed by atoms with Crippen LogP contribution in [0.2, 0.25) is 0 Å². The Morgan fingerprint density at radius 1 is 1.29 bits per heavy atom. The van der Waals surface area contributed by atoms with E-state index in [1.165, 1.54) is 0 Å². The topological polar surface area (TPSA) is 24.9 Å². The van der Waals surface area contributed by atoms with Crippen LogP contribution in [0.1, 0.15) is 37.1 Å². The van der Waals surface area contributed by atoms with Gasteiger partial charge in [-0.1, -0.05) is 13.8 Å². The van der Waals surface area contributed by atoms with Gasteiger partial charge in [-0.05, 0) is 31.4 Å². The molecule has 0 saturated heterocycles. The molecular weight excluding hydrogens is 222 g/mol. The van der Waals surface area contributed by atoms with E-state index in [9.17, 15) is 8.78 Å². The monoisotopic (exact) mass is 242 g/mol. The minimum Gasteiger partial charge on any atom is -0.377 e. The molecule has 0 fully saturated rings. The van der Waals surface area contributed by atoms with Gasteiger partial charge in [-0.2, -0.15) is 0 Å². The number of halogens is 2. The minimum atomic E-state index is -2.62. The van der Waals surface area contributed by atoms with E-state index in [0.717, 1.165) is 22.5 Å². The summed E-state index contributed by atoms with van der Waals surface area (Å²) in [4.78, 5) is 4.21. The maximum Gasteiger partial charge on any atom is 0.265 e. The molecule has 1 aromatic heterocycles. The van der Waals surface area contributed by atoms with Gasteiger partial charge in [-0.15, -0.1) is 0 Å². The van der Waals surface area contributed by atoms with Gasteiger partial charge in [0.25, 0.3) is 5.92 Å². The highest BCUT2D eigenvalue weighted by molar-refractivity contribution is 5.57. The molecule has 2 rings (SSSR count). The van der Waals surface area contributed by atoms with E-state index in [-0.39, 0.29) is 13.0 Å². The summed E-state index contributed by atoms with van der Waals surface area (Å²) in [5.74, 6) is -2.62. The molecule has 96 valence electrons. The van der Waals surface area contributed by atoms with Gasteiger partial charge < -0.3 is 5.32 Å². The molecule has 0 radical (unpaired) electrons. The lowest BCUT2D eigenvalue weighted by atomic mass is 10.1. The second-order valence-electron chi connectivity index (χ2n) is 4.10. The first-order valence-corrected chi connectivity index (χ1v) is 6.06. The fraction of sp³-hybridized carbons (Fsp3) is 0.615. The molecule has 0 atom stereocenters. The van der Waals surface area contributed by atoms with Crippen LogP contribution < -0.4 is 5.32 Å². The molecule has 2 nitrogen and oxygen atoms in total. The molecule has 0 saturated carbocycles. The Balaban J connectivity index is 0.000000686. The molecule has 0 aliphatic carbocycles. The number of anilines is 1. The Hall–Kier alpha value is -1.19. The molecule has 0 unspecified atom stereocenters. The number of aromatic nitrogens is 1. The zero-order valence-electron chi connectivity index (χ0n) is 10.9. The van der Waals surface area contributed by atoms with Crippen molar-refractivity contribution in [1.29, 1.82) is 0 Å². The Morgan fingerprint density at radius 2 is 1.94 bits per heavy atom. The second-order valence-corrected chi connectivity index (χ2v) is 4.10. The fourth-order valence-electron chi connectivity index (χ4n) is 1.78. The number of aryl methyl sites for hydroxylation is 2. The summed E-state index contributed by atoms with van der Waals surface area (Å²) in [5.41, 5.74) is 3.62. The van der Waals surface area contributed by atoms with Crippen molar-refractivity contribution in [2.45, 2.75) is 46.5 Å². The summed E-state index contributed by atoms with van der Waals surface area (Å²) in [7, 11) is 0. The number of alkyl halides is 2. The van der Waals surface area contributed by atoms with Crippen LogP contribution in [0, 0.1) is 13.8 Å². The summed E-state index contributed by atoms with van der Waals surface area (Å²) in [6.07, 6.45) is 1.97. The Kier molecular flexibility index (Phi) is 4.43. The van der Waals surface area contributed by atoms with Crippen molar-refractivity contribution in [2.24, 2.45) is 0 Å². The Labute approximate surface area is 101 Å². The first-order valence-electron chi connectivity index (χ1n) is 6.06. The molecule has 4 heteroatoms. The number of rotatable bonds is 0. The normalized spacial score (nSPS) is 17.1. The van der Waals surface area contributed by atoms with E-state index < -0.39 is 5.92 Å². The van der Waals surface area contributed by atoms with Crippen molar-refractivity contribution in [2.75, 3.05) is 11.9 Å². The molecule has 1 aliphatic heterocycles. The van der Waals surface area contributed by atoms with Gasteiger partial charge in [-0.25, -0.2) is 8.78 Å². The number of pyridine rings is 1. The zero-order chi connectivity index (χ0) is 13.1. The molecular formula is C13H20F2N2. The standard InChI is InChI=1S/C11H14F2N2.C2H6/c1-7-5-14-9-3-4-11(12,13)6-15-10(9)8(7)2;1-2/h5,15H,3-4,6H2,1-2H3;1-2H3. The number of hydrogen-bond donors (Lipinski definition) is 1. The lowest BCUT2D eigenvalue weighted by Crippen LogP contribution is -2.25. The van der Waals surface area contributed by atoms with Gasteiger partial charge >= 0.3 is 0 Å². The van der Waals surface area contributed by atoms with Crippen molar-refractivity contribution >= 4 is 5.69 Å². The van der Waals surface area contributed by atoms with Crippen LogP contribution in [-0.2, 0) is 6.42 Å². The molecule has 0 amide bonds. The van der Waals surface area contributed by atoms with Crippen LogP contribution in [0.4, 0.5) is 14.5 Å². The predicted octanol–water partition coefficient (Wildman–Crippen LogP) is 3.72. The van der Waals surface area contributed by atoms with Crippen molar-refractivity contribution in [1.82, 2.24) is 4.98 Å². The van der Waals surface area contributed by atoms with E-state index in [2.05, 4.69) is 10.3 Å². The number of nitrogens with one attached hydrogen (secondary N) is 1. The van der Waals surface area contributed by atoms with Gasteiger partial charge in [0.05, 0.1) is 17.9 Å². The number of nitrogens with zero attached hydrogens (tertiary/aromatic N) is 1. The first kappa shape index (κ1) is 13.9. The van der Waals surface area contributed by atoms with E-state index in [1.807, 2.05) is 27.7 Å². The van der Waals surface area contributed by atoms with Crippen molar-refractivity contribution in [3.05, 3.63) is 23.0 Å². The van der Waals surface area contributed by atoms with Crippen LogP contribution in [0.3, 0.4) is 0 Å². The lowest BCUT2D eigenvalue weighted by Gasteiger charge is -2.14. The van der Waals surface area contributed by atoms with Crippen LogP contribution in [-0.4, -0.2) is 17.5 Å². The summed E-state index contributed by atoms with van der Waals surface area (Å²) < 4.78 is 26.3. The highest BCUT2D eigenvalue weighted by Crippen LogP contribution is 2.31. The summed E-state index contributed by atoms with van der Waals surface area (Å²) in [6.45, 7) is 7.59. The van der Waals surface area contributed by atoms with Gasteiger partial charge in [-0.3, -0.25) is 4.98 Å². The molecule has 0 bridgehead atoms. The summed E-state index contributed by atoms with van der Waals surface area (Å²) in [6, 6.07) is 0. The smallest absolute Gasteiger partial charge is 0.265 e. The zero-order valence-corrected chi connectivity index (χ0v) is 10.9. The predicted molar refractivity (Wildman–Crippen MR) is 66.8 cm³/mol. The third-order valence-electron chi connectivity index (χ3n) is 2.92. The highest BCUT2D eigenvalue weighted by Gasteiger charge is 2.32. The molecule has 0 aromatic carbocycles. The fourth-order valence-corrected chi connectivity index (χ4v) is 1.78. The van der Waals surface area contributed by atoms with E-state index in [0.29, 0.717) is 6.42 Å². The molecule has 1 aromatic rings.